The number of nitrogens with zero attached hydrogens (tertiary/aromatic N) is 1. The molecule has 0 fully saturated rings. The third-order valence-corrected chi connectivity index (χ3v) is 1.92. The molecule has 0 amide bonds. The number of carbonyl (C=O) groups is 1. The molecule has 0 spiro atoms. The van der Waals surface area contributed by atoms with Crippen molar-refractivity contribution in [2.24, 2.45) is 0 Å². The van der Waals surface area contributed by atoms with Crippen LogP contribution in [-0.4, -0.2) is 48.2 Å². The molecule has 2 N–H and O–H groups in total. The highest BCUT2D eigenvalue weighted by Crippen LogP contribution is 2.25. The van der Waals surface area contributed by atoms with Crippen LogP contribution in [0, 0.1) is 0 Å². The average Bonchev–Trinajstić information content (AvgIpc) is 2.06. The van der Waals surface area contributed by atoms with Gasteiger partial charge in [0.2, 0.25) is 5.78 Å². The molecule has 1 aromatic rings. The Kier molecular flexibility index (Phi) is 3.00. The second-order valence-corrected chi connectivity index (χ2v) is 4.58. The molecule has 0 aromatic heterocycles. The number of Topliss-reactive ketones (excluding diaryl/α,β-unsaturated/α-hetero) is 1. The Morgan fingerprint density at radius 2 is 1.80 bits per heavy atom. The van der Waals surface area contributed by atoms with Gasteiger partial charge in [0.25, 0.3) is 0 Å². The van der Waals surface area contributed by atoms with E-state index in [4.69, 9.17) is 5.11 Å². The lowest BCUT2D eigenvalue weighted by Crippen LogP contribution is -2.39. The van der Waals surface area contributed by atoms with Crippen molar-refractivity contribution in [1.29, 1.82) is 0 Å². The van der Waals surface area contributed by atoms with Crippen LogP contribution >= 0.6 is 0 Å². The van der Waals surface area contributed by atoms with Gasteiger partial charge in [-0.15, -0.1) is 0 Å². The van der Waals surface area contributed by atoms with E-state index in [2.05, 4.69) is 0 Å². The van der Waals surface area contributed by atoms with E-state index in [1.165, 1.54) is 18.2 Å². The molecule has 0 saturated heterocycles. The van der Waals surface area contributed by atoms with Crippen LogP contribution in [0.3, 0.4) is 0 Å². The maximum Gasteiger partial charge on any atom is 0.217 e. The zero-order valence-corrected chi connectivity index (χ0v) is 9.19. The molecule has 4 nitrogen and oxygen atoms in total. The highest BCUT2D eigenvalue weighted by atomic mass is 16.3. The van der Waals surface area contributed by atoms with Gasteiger partial charge in [0.15, 0.2) is 11.5 Å². The number of benzene rings is 1. The highest BCUT2D eigenvalue weighted by molar-refractivity contribution is 5.97. The predicted octanol–water partition coefficient (Wildman–Crippen LogP) is 0.987. The van der Waals surface area contributed by atoms with Crippen molar-refractivity contribution in [3.05, 3.63) is 23.8 Å². The summed E-state index contributed by atoms with van der Waals surface area (Å²) in [5.74, 6) is -0.531. The van der Waals surface area contributed by atoms with Crippen LogP contribution in [-0.2, 0) is 0 Å². The van der Waals surface area contributed by atoms with Crippen LogP contribution < -0.4 is 0 Å². The molecule has 1 rings (SSSR count). The van der Waals surface area contributed by atoms with Gasteiger partial charge < -0.3 is 14.7 Å². The fourth-order valence-corrected chi connectivity index (χ4v) is 1.22. The van der Waals surface area contributed by atoms with Gasteiger partial charge >= 0.3 is 0 Å². The van der Waals surface area contributed by atoms with Gasteiger partial charge in [0.1, 0.15) is 6.54 Å². The molecule has 4 heteroatoms. The average molecular weight is 210 g/mol. The zero-order chi connectivity index (χ0) is 11.6. The normalized spacial score (nSPS) is 11.4. The number of phenols is 2. The number of ketones is 1. The number of aromatic hydroxyl groups is 2. The molecular formula is C11H16NO3+. The number of hydrogen-bond acceptors (Lipinski definition) is 3. The number of carbonyl (C=O) groups excluding carboxylic acids is 1. The van der Waals surface area contributed by atoms with Gasteiger partial charge in [-0.25, -0.2) is 0 Å². The maximum atomic E-state index is 11.7. The second-order valence-electron chi connectivity index (χ2n) is 4.58. The summed E-state index contributed by atoms with van der Waals surface area (Å²) < 4.78 is 0.528. The summed E-state index contributed by atoms with van der Waals surface area (Å²) in [6.07, 6.45) is 0. The molecule has 0 unspecified atom stereocenters. The predicted molar refractivity (Wildman–Crippen MR) is 57.0 cm³/mol. The summed E-state index contributed by atoms with van der Waals surface area (Å²) in [5.41, 5.74) is 0.415. The number of likely N-dealkylation sites (N-methyl/N-ethyl adjacent to an activating group) is 1. The van der Waals surface area contributed by atoms with Crippen molar-refractivity contribution in [2.45, 2.75) is 0 Å². The maximum absolute atomic E-state index is 11.7. The lowest BCUT2D eigenvalue weighted by Gasteiger charge is -2.22. The Balaban J connectivity index is 2.88. The van der Waals surface area contributed by atoms with Crippen molar-refractivity contribution in [3.63, 3.8) is 0 Å². The fraction of sp³-hybridized carbons (Fsp3) is 0.364. The third-order valence-electron chi connectivity index (χ3n) is 1.92. The molecule has 0 heterocycles. The Labute approximate surface area is 89.0 Å². The molecule has 82 valence electrons. The number of hydrogen-bond donors (Lipinski definition) is 2. The van der Waals surface area contributed by atoms with Gasteiger partial charge in [0, 0.05) is 5.56 Å². The largest absolute Gasteiger partial charge is 0.504 e. The van der Waals surface area contributed by atoms with Gasteiger partial charge in [-0.2, -0.15) is 0 Å². The van der Waals surface area contributed by atoms with Gasteiger partial charge in [-0.1, -0.05) is 0 Å². The summed E-state index contributed by atoms with van der Waals surface area (Å²) >= 11 is 0. The Bertz CT molecular complexity index is 380. The van der Waals surface area contributed by atoms with Crippen LogP contribution in [0.4, 0.5) is 0 Å². The summed E-state index contributed by atoms with van der Waals surface area (Å²) in [6.45, 7) is 0.351. The van der Waals surface area contributed by atoms with E-state index in [1.807, 2.05) is 21.1 Å². The molecular weight excluding hydrogens is 194 g/mol. The first-order valence-electron chi connectivity index (χ1n) is 4.65. The van der Waals surface area contributed by atoms with E-state index < -0.39 is 0 Å². The molecule has 1 aromatic carbocycles. The molecule has 0 radical (unpaired) electrons. The molecule has 0 aliphatic heterocycles. The first kappa shape index (κ1) is 11.5. The SMILES string of the molecule is C[N+](C)(C)CC(=O)c1ccc(O)c(O)c1. The quantitative estimate of drug-likeness (QED) is 0.444. The standard InChI is InChI=1S/C11H15NO3/c1-12(2,3)7-11(15)8-4-5-9(13)10(14)6-8/h4-6H,7H2,1-3H3,(H-,13,14,15)/p+1. The van der Waals surface area contributed by atoms with E-state index in [-0.39, 0.29) is 17.3 Å². The lowest BCUT2D eigenvalue weighted by molar-refractivity contribution is -0.861. The van der Waals surface area contributed by atoms with Crippen LogP contribution in [0.2, 0.25) is 0 Å². The van der Waals surface area contributed by atoms with Crippen molar-refractivity contribution < 1.29 is 19.5 Å². The first-order valence-corrected chi connectivity index (χ1v) is 4.65. The van der Waals surface area contributed by atoms with Gasteiger partial charge in [-0.05, 0) is 18.2 Å². The van der Waals surface area contributed by atoms with E-state index in [1.54, 1.807) is 0 Å². The third kappa shape index (κ3) is 3.25. The van der Waals surface area contributed by atoms with E-state index >= 15 is 0 Å². The van der Waals surface area contributed by atoms with E-state index in [9.17, 15) is 9.90 Å². The fourth-order valence-electron chi connectivity index (χ4n) is 1.22. The molecule has 0 saturated carbocycles. The van der Waals surface area contributed by atoms with Gasteiger partial charge in [-0.3, -0.25) is 4.79 Å². The molecule has 15 heavy (non-hydrogen) atoms. The minimum atomic E-state index is -0.262. The first-order chi connectivity index (χ1) is 6.79. The van der Waals surface area contributed by atoms with Crippen molar-refractivity contribution in [2.75, 3.05) is 27.7 Å². The monoisotopic (exact) mass is 210 g/mol. The summed E-state index contributed by atoms with van der Waals surface area (Å²) in [7, 11) is 5.74. The second kappa shape index (κ2) is 3.90. The molecule has 0 aliphatic carbocycles. The molecule has 0 aliphatic rings. The summed E-state index contributed by atoms with van der Waals surface area (Å²) in [6, 6.07) is 4.11. The van der Waals surface area contributed by atoms with E-state index in [0.717, 1.165) is 0 Å². The molecule has 0 bridgehead atoms. The zero-order valence-electron chi connectivity index (χ0n) is 9.19. The van der Waals surface area contributed by atoms with Crippen LogP contribution in [0.25, 0.3) is 0 Å². The Morgan fingerprint density at radius 3 is 2.27 bits per heavy atom. The van der Waals surface area contributed by atoms with Gasteiger partial charge in [0.05, 0.1) is 21.1 Å². The van der Waals surface area contributed by atoms with Crippen molar-refractivity contribution >= 4 is 5.78 Å². The van der Waals surface area contributed by atoms with Crippen LogP contribution in [0.15, 0.2) is 18.2 Å². The topological polar surface area (TPSA) is 57.5 Å². The van der Waals surface area contributed by atoms with Crippen molar-refractivity contribution in [1.82, 2.24) is 0 Å². The minimum Gasteiger partial charge on any atom is -0.504 e. The van der Waals surface area contributed by atoms with E-state index in [0.29, 0.717) is 16.6 Å². The number of rotatable bonds is 3. The van der Waals surface area contributed by atoms with Crippen LogP contribution in [0.1, 0.15) is 10.4 Å². The van der Waals surface area contributed by atoms with Crippen LogP contribution in [0.5, 0.6) is 11.5 Å². The molecule has 0 atom stereocenters. The number of quaternary nitrogens is 1. The highest BCUT2D eigenvalue weighted by Gasteiger charge is 2.17. The lowest BCUT2D eigenvalue weighted by atomic mass is 10.1. The minimum absolute atomic E-state index is 0.0576. The summed E-state index contributed by atoms with van der Waals surface area (Å²) in [4.78, 5) is 11.7. The number of phenolic OH excluding ortho intramolecular Hbond substituents is 2. The smallest absolute Gasteiger partial charge is 0.217 e. The van der Waals surface area contributed by atoms with Crippen molar-refractivity contribution in [3.8, 4) is 11.5 Å². The summed E-state index contributed by atoms with van der Waals surface area (Å²) in [5, 5.41) is 18.3. The Hall–Kier alpha value is -1.55. The Morgan fingerprint density at radius 1 is 1.20 bits per heavy atom.